The van der Waals surface area contributed by atoms with E-state index in [1.54, 1.807) is 0 Å². The number of thiophene rings is 1. The van der Waals surface area contributed by atoms with Crippen molar-refractivity contribution >= 4 is 33.4 Å². The third-order valence-corrected chi connectivity index (χ3v) is 8.20. The lowest BCUT2D eigenvalue weighted by atomic mass is 9.97. The maximum atomic E-state index is 12.9. The van der Waals surface area contributed by atoms with E-state index in [0.717, 1.165) is 75.3 Å². The van der Waals surface area contributed by atoms with Crippen LogP contribution in [0.2, 0.25) is 0 Å². The number of benzene rings is 1. The van der Waals surface area contributed by atoms with Crippen LogP contribution in [0, 0.1) is 5.92 Å². The van der Waals surface area contributed by atoms with E-state index < -0.39 is 0 Å². The van der Waals surface area contributed by atoms with Gasteiger partial charge in [0.05, 0.1) is 11.4 Å². The van der Waals surface area contributed by atoms with Crippen molar-refractivity contribution in [3.8, 4) is 11.1 Å². The molecule has 1 atom stereocenters. The molecule has 1 aromatic carbocycles. The van der Waals surface area contributed by atoms with Gasteiger partial charge >= 0.3 is 0 Å². The van der Waals surface area contributed by atoms with E-state index in [4.69, 9.17) is 4.98 Å². The van der Waals surface area contributed by atoms with Crippen LogP contribution >= 0.6 is 11.3 Å². The Balaban J connectivity index is 1.23. The van der Waals surface area contributed by atoms with Gasteiger partial charge in [-0.1, -0.05) is 37.3 Å². The Morgan fingerprint density at radius 1 is 1.14 bits per heavy atom. The molecule has 4 heterocycles. The number of hydrogen-bond acceptors (Lipinski definition) is 7. The number of piperazine rings is 1. The highest BCUT2D eigenvalue weighted by atomic mass is 32.1. The fourth-order valence-corrected chi connectivity index (χ4v) is 5.99. The molecule has 2 fully saturated rings. The zero-order valence-electron chi connectivity index (χ0n) is 20.3. The van der Waals surface area contributed by atoms with E-state index in [1.807, 2.05) is 35.7 Å². The molecule has 0 aliphatic carbocycles. The molecule has 2 aliphatic rings. The number of fused-ring (bicyclic) bond motifs is 1. The summed E-state index contributed by atoms with van der Waals surface area (Å²) in [4.78, 5) is 40.5. The van der Waals surface area contributed by atoms with E-state index in [1.165, 1.54) is 11.3 Å². The van der Waals surface area contributed by atoms with Crippen molar-refractivity contribution in [2.75, 3.05) is 63.8 Å². The Labute approximate surface area is 209 Å². The van der Waals surface area contributed by atoms with Crippen LogP contribution in [-0.2, 0) is 4.79 Å². The van der Waals surface area contributed by atoms with Gasteiger partial charge in [-0.2, -0.15) is 0 Å². The van der Waals surface area contributed by atoms with Crippen molar-refractivity contribution in [2.45, 2.75) is 19.8 Å². The number of carbonyl (C=O) groups excluding carboxylic acids is 1. The summed E-state index contributed by atoms with van der Waals surface area (Å²) in [5.74, 6) is 0.563. The molecule has 0 unspecified atom stereocenters. The van der Waals surface area contributed by atoms with Crippen molar-refractivity contribution in [1.29, 1.82) is 0 Å². The molecule has 35 heavy (non-hydrogen) atoms. The molecular formula is C26H34N6O2S. The quantitative estimate of drug-likeness (QED) is 0.525. The molecule has 1 amide bonds. The van der Waals surface area contributed by atoms with Crippen LogP contribution < -0.4 is 15.8 Å². The summed E-state index contributed by atoms with van der Waals surface area (Å²) in [5, 5.41) is 5.15. The lowest BCUT2D eigenvalue weighted by Crippen LogP contribution is -2.49. The van der Waals surface area contributed by atoms with E-state index >= 15 is 0 Å². The number of rotatable bonds is 7. The average Bonchev–Trinajstić information content (AvgIpc) is 3.34. The predicted octanol–water partition coefficient (Wildman–Crippen LogP) is 2.62. The van der Waals surface area contributed by atoms with Gasteiger partial charge in [0.25, 0.3) is 5.56 Å². The number of nitrogens with one attached hydrogen (secondary N) is 2. The molecule has 5 rings (SSSR count). The van der Waals surface area contributed by atoms with E-state index in [2.05, 4.69) is 31.9 Å². The predicted molar refractivity (Wildman–Crippen MR) is 142 cm³/mol. The fraction of sp³-hybridized carbons (Fsp3) is 0.500. The number of aromatic nitrogens is 2. The number of amides is 1. The largest absolute Gasteiger partial charge is 0.355 e. The summed E-state index contributed by atoms with van der Waals surface area (Å²) in [7, 11) is 0. The zero-order valence-corrected chi connectivity index (χ0v) is 21.1. The highest BCUT2D eigenvalue weighted by Gasteiger charge is 2.28. The van der Waals surface area contributed by atoms with Crippen molar-refractivity contribution in [1.82, 2.24) is 25.1 Å². The number of piperidine rings is 1. The molecule has 3 aromatic rings. The lowest BCUT2D eigenvalue weighted by molar-refractivity contribution is -0.125. The summed E-state index contributed by atoms with van der Waals surface area (Å²) < 4.78 is 0.638. The maximum absolute atomic E-state index is 12.9. The minimum Gasteiger partial charge on any atom is -0.355 e. The van der Waals surface area contributed by atoms with E-state index in [-0.39, 0.29) is 17.4 Å². The number of nitrogens with zero attached hydrogens (tertiary/aromatic N) is 4. The molecule has 2 aromatic heterocycles. The number of H-pyrrole nitrogens is 1. The molecule has 2 aliphatic heterocycles. The normalized spacial score (nSPS) is 19.8. The lowest BCUT2D eigenvalue weighted by Gasteiger charge is -2.34. The highest BCUT2D eigenvalue weighted by Crippen LogP contribution is 2.32. The molecular weight excluding hydrogens is 460 g/mol. The monoisotopic (exact) mass is 494 g/mol. The first-order valence-electron chi connectivity index (χ1n) is 12.7. The Kier molecular flexibility index (Phi) is 7.46. The molecule has 0 bridgehead atoms. The molecule has 9 heteroatoms. The molecule has 0 saturated carbocycles. The second kappa shape index (κ2) is 10.9. The van der Waals surface area contributed by atoms with Crippen LogP contribution in [0.1, 0.15) is 19.8 Å². The van der Waals surface area contributed by atoms with Gasteiger partial charge in [0, 0.05) is 63.3 Å². The summed E-state index contributed by atoms with van der Waals surface area (Å²) in [6.45, 7) is 10.6. The topological polar surface area (TPSA) is 84.6 Å². The Hall–Kier alpha value is -2.75. The Morgan fingerprint density at radius 2 is 1.91 bits per heavy atom. The van der Waals surface area contributed by atoms with Crippen LogP contribution in [0.5, 0.6) is 0 Å². The minimum absolute atomic E-state index is 0.0993. The van der Waals surface area contributed by atoms with Crippen LogP contribution in [0.3, 0.4) is 0 Å². The van der Waals surface area contributed by atoms with Gasteiger partial charge in [-0.15, -0.1) is 11.3 Å². The first-order valence-corrected chi connectivity index (χ1v) is 13.5. The Bertz CT molecular complexity index is 1200. The van der Waals surface area contributed by atoms with Crippen molar-refractivity contribution in [3.63, 3.8) is 0 Å². The van der Waals surface area contributed by atoms with Crippen LogP contribution in [0.4, 0.5) is 5.95 Å². The summed E-state index contributed by atoms with van der Waals surface area (Å²) >= 11 is 1.42. The molecule has 2 saturated heterocycles. The van der Waals surface area contributed by atoms with Gasteiger partial charge in [-0.05, 0) is 24.9 Å². The number of carbonyl (C=O) groups is 1. The molecule has 0 spiro atoms. The average molecular weight is 495 g/mol. The van der Waals surface area contributed by atoms with Gasteiger partial charge < -0.3 is 15.1 Å². The summed E-state index contributed by atoms with van der Waals surface area (Å²) in [6.07, 6.45) is 1.76. The van der Waals surface area contributed by atoms with E-state index in [0.29, 0.717) is 23.7 Å². The van der Waals surface area contributed by atoms with Crippen LogP contribution in [0.15, 0.2) is 40.5 Å². The second-order valence-corrected chi connectivity index (χ2v) is 10.3. The maximum Gasteiger partial charge on any atom is 0.270 e. The van der Waals surface area contributed by atoms with Gasteiger partial charge in [0.15, 0.2) is 0 Å². The molecule has 8 nitrogen and oxygen atoms in total. The standard InChI is InChI=1S/C26H34N6O2S/c1-2-30-13-15-31(16-14-30)12-10-27-24(33)20-9-6-11-32(17-20)26-28-22-21(19-7-4-3-5-8-19)18-35-23(22)25(34)29-26/h3-5,7-8,18,20H,2,6,9-17H2,1H3,(H,27,33)(H,28,29,34)/t20-/m0/s1. The van der Waals surface area contributed by atoms with Gasteiger partial charge in [-0.25, -0.2) is 4.98 Å². The third kappa shape index (κ3) is 5.42. The number of aromatic amines is 1. The van der Waals surface area contributed by atoms with Gasteiger partial charge in [0.1, 0.15) is 4.70 Å². The first-order chi connectivity index (χ1) is 17.1. The second-order valence-electron chi connectivity index (χ2n) is 9.43. The van der Waals surface area contributed by atoms with Crippen molar-refractivity contribution < 1.29 is 4.79 Å². The summed E-state index contributed by atoms with van der Waals surface area (Å²) in [5.41, 5.74) is 2.64. The molecule has 0 radical (unpaired) electrons. The first kappa shape index (κ1) is 24.0. The highest BCUT2D eigenvalue weighted by molar-refractivity contribution is 7.17. The smallest absolute Gasteiger partial charge is 0.270 e. The fourth-order valence-electron chi connectivity index (χ4n) is 5.08. The minimum atomic E-state index is -0.119. The number of likely N-dealkylation sites (N-methyl/N-ethyl adjacent to an activating group) is 1. The van der Waals surface area contributed by atoms with Gasteiger partial charge in [0.2, 0.25) is 11.9 Å². The van der Waals surface area contributed by atoms with E-state index in [9.17, 15) is 9.59 Å². The van der Waals surface area contributed by atoms with Crippen molar-refractivity contribution in [3.05, 3.63) is 46.1 Å². The zero-order chi connectivity index (χ0) is 24.2. The van der Waals surface area contributed by atoms with Gasteiger partial charge in [-0.3, -0.25) is 19.5 Å². The molecule has 2 N–H and O–H groups in total. The van der Waals surface area contributed by atoms with Crippen molar-refractivity contribution in [2.24, 2.45) is 5.92 Å². The SMILES string of the molecule is CCN1CCN(CCNC(=O)[C@H]2CCCN(c3nc4c(-c5ccccc5)csc4c(=O)[nH]3)C2)CC1. The number of hydrogen-bond donors (Lipinski definition) is 2. The number of anilines is 1. The summed E-state index contributed by atoms with van der Waals surface area (Å²) in [6, 6.07) is 10.0. The van der Waals surface area contributed by atoms with Crippen LogP contribution in [-0.4, -0.2) is 84.6 Å². The van der Waals surface area contributed by atoms with Crippen LogP contribution in [0.25, 0.3) is 21.3 Å². The molecule has 186 valence electrons. The Morgan fingerprint density at radius 3 is 2.69 bits per heavy atom. The third-order valence-electron chi connectivity index (χ3n) is 7.23.